The van der Waals surface area contributed by atoms with E-state index < -0.39 is 0 Å². The summed E-state index contributed by atoms with van der Waals surface area (Å²) in [7, 11) is 0. The highest BCUT2D eigenvalue weighted by molar-refractivity contribution is 7.07. The van der Waals surface area contributed by atoms with Crippen LogP contribution in [0.5, 0.6) is 0 Å². The van der Waals surface area contributed by atoms with Crippen LogP contribution < -0.4 is 0 Å². The summed E-state index contributed by atoms with van der Waals surface area (Å²) in [6.45, 7) is 0.817. The molecule has 2 rings (SSSR count). The van der Waals surface area contributed by atoms with Crippen LogP contribution in [0.4, 0.5) is 0 Å². The van der Waals surface area contributed by atoms with Gasteiger partial charge < -0.3 is 4.90 Å². The van der Waals surface area contributed by atoms with Crippen LogP contribution in [0.3, 0.4) is 0 Å². The number of halogens is 1. The third-order valence-corrected chi connectivity index (χ3v) is 4.30. The number of nitrogens with zero attached hydrogens (tertiary/aromatic N) is 1. The van der Waals surface area contributed by atoms with Crippen molar-refractivity contribution >= 4 is 28.8 Å². The van der Waals surface area contributed by atoms with Gasteiger partial charge in [-0.2, -0.15) is 11.3 Å². The second kappa shape index (κ2) is 6.41. The number of alkyl halides is 1. The number of carbonyl (C=O) groups excluding carboxylic acids is 1. The van der Waals surface area contributed by atoms with Crippen molar-refractivity contribution in [3.8, 4) is 0 Å². The monoisotopic (exact) mass is 271 g/mol. The van der Waals surface area contributed by atoms with Crippen molar-refractivity contribution in [2.24, 2.45) is 0 Å². The quantitative estimate of drug-likeness (QED) is 0.727. The molecule has 1 heterocycles. The van der Waals surface area contributed by atoms with Gasteiger partial charge in [0, 0.05) is 18.5 Å². The predicted molar refractivity (Wildman–Crippen MR) is 72.7 cm³/mol. The molecule has 1 aliphatic carbocycles. The van der Waals surface area contributed by atoms with Crippen molar-refractivity contribution in [2.45, 2.75) is 38.1 Å². The Balaban J connectivity index is 1.91. The summed E-state index contributed by atoms with van der Waals surface area (Å²) in [6.07, 6.45) is 5.03. The zero-order valence-corrected chi connectivity index (χ0v) is 11.5. The predicted octanol–water partition coefficient (Wildman–Crippen LogP) is 3.30. The Morgan fingerprint density at radius 3 is 2.88 bits per heavy atom. The molecule has 1 saturated carbocycles. The molecule has 0 spiro atoms. The lowest BCUT2D eigenvalue weighted by atomic mass is 9.91. The summed E-state index contributed by atoms with van der Waals surface area (Å²) in [5.74, 6) is 0.896. The second-order valence-electron chi connectivity index (χ2n) is 4.52. The molecule has 17 heavy (non-hydrogen) atoms. The van der Waals surface area contributed by atoms with E-state index in [0.717, 1.165) is 31.4 Å². The Kier molecular flexibility index (Phi) is 4.86. The minimum Gasteiger partial charge on any atom is -0.339 e. The normalized spacial score (nSPS) is 15.6. The fourth-order valence-electron chi connectivity index (χ4n) is 2.11. The third kappa shape index (κ3) is 3.46. The lowest BCUT2D eigenvalue weighted by Gasteiger charge is -2.37. The maximum atomic E-state index is 12.2. The Hall–Kier alpha value is -0.540. The molecule has 4 heteroatoms. The third-order valence-electron chi connectivity index (χ3n) is 3.30. The molecule has 1 fully saturated rings. The van der Waals surface area contributed by atoms with Crippen LogP contribution in [0.25, 0.3) is 0 Å². The van der Waals surface area contributed by atoms with Gasteiger partial charge in [0.25, 0.3) is 0 Å². The standard InChI is InChI=1S/C13H18ClNOS/c14-6-2-7-15(12-3-1-4-12)13(16)9-11-5-8-17-10-11/h5,8,10,12H,1-4,6-7,9H2. The van der Waals surface area contributed by atoms with Gasteiger partial charge in [-0.1, -0.05) is 0 Å². The van der Waals surface area contributed by atoms with Gasteiger partial charge in [-0.25, -0.2) is 0 Å². The second-order valence-corrected chi connectivity index (χ2v) is 5.68. The molecule has 0 bridgehead atoms. The van der Waals surface area contributed by atoms with Crippen molar-refractivity contribution in [1.29, 1.82) is 0 Å². The topological polar surface area (TPSA) is 20.3 Å². The summed E-state index contributed by atoms with van der Waals surface area (Å²) >= 11 is 7.37. The highest BCUT2D eigenvalue weighted by atomic mass is 35.5. The molecule has 0 saturated heterocycles. The summed E-state index contributed by atoms with van der Waals surface area (Å²) in [4.78, 5) is 14.3. The lowest BCUT2D eigenvalue weighted by Crippen LogP contribution is -2.45. The molecule has 0 atom stereocenters. The number of amides is 1. The molecule has 0 N–H and O–H groups in total. The van der Waals surface area contributed by atoms with Crippen LogP contribution in [0.1, 0.15) is 31.2 Å². The molecular weight excluding hydrogens is 254 g/mol. The van der Waals surface area contributed by atoms with Crippen LogP contribution in [-0.4, -0.2) is 29.3 Å². The number of hydrogen-bond donors (Lipinski definition) is 0. The van der Waals surface area contributed by atoms with E-state index >= 15 is 0 Å². The van der Waals surface area contributed by atoms with E-state index in [4.69, 9.17) is 11.6 Å². The van der Waals surface area contributed by atoms with Crippen molar-refractivity contribution < 1.29 is 4.79 Å². The van der Waals surface area contributed by atoms with E-state index in [0.29, 0.717) is 18.3 Å². The average Bonchev–Trinajstić information content (AvgIpc) is 2.73. The fourth-order valence-corrected chi connectivity index (χ4v) is 2.90. The highest BCUT2D eigenvalue weighted by Crippen LogP contribution is 2.25. The van der Waals surface area contributed by atoms with Gasteiger partial charge in [0.05, 0.1) is 6.42 Å². The Morgan fingerprint density at radius 1 is 1.53 bits per heavy atom. The molecule has 2 nitrogen and oxygen atoms in total. The van der Waals surface area contributed by atoms with Gasteiger partial charge in [-0.15, -0.1) is 11.6 Å². The zero-order valence-electron chi connectivity index (χ0n) is 9.90. The molecule has 1 aromatic rings. The van der Waals surface area contributed by atoms with E-state index in [-0.39, 0.29) is 5.91 Å². The van der Waals surface area contributed by atoms with Gasteiger partial charge in [-0.05, 0) is 48.1 Å². The first kappa shape index (κ1) is 12.9. The number of carbonyl (C=O) groups is 1. The van der Waals surface area contributed by atoms with Crippen LogP contribution in [0.15, 0.2) is 16.8 Å². The number of thiophene rings is 1. The van der Waals surface area contributed by atoms with Gasteiger partial charge in [0.1, 0.15) is 0 Å². The number of hydrogen-bond acceptors (Lipinski definition) is 2. The van der Waals surface area contributed by atoms with Crippen LogP contribution in [0, 0.1) is 0 Å². The molecule has 1 aromatic heterocycles. The first-order valence-corrected chi connectivity index (χ1v) is 7.65. The summed E-state index contributed by atoms with van der Waals surface area (Å²) in [5.41, 5.74) is 1.13. The summed E-state index contributed by atoms with van der Waals surface area (Å²) in [5, 5.41) is 4.08. The van der Waals surface area contributed by atoms with Gasteiger partial charge in [-0.3, -0.25) is 4.79 Å². The van der Waals surface area contributed by atoms with E-state index in [1.54, 1.807) is 11.3 Å². The molecule has 0 aliphatic heterocycles. The minimum absolute atomic E-state index is 0.262. The van der Waals surface area contributed by atoms with E-state index in [1.165, 1.54) is 6.42 Å². The largest absolute Gasteiger partial charge is 0.339 e. The first-order chi connectivity index (χ1) is 8.31. The maximum Gasteiger partial charge on any atom is 0.227 e. The number of rotatable bonds is 6. The van der Waals surface area contributed by atoms with Gasteiger partial charge in [0.2, 0.25) is 5.91 Å². The summed E-state index contributed by atoms with van der Waals surface area (Å²) in [6, 6.07) is 2.51. The van der Waals surface area contributed by atoms with Gasteiger partial charge >= 0.3 is 0 Å². The Morgan fingerprint density at radius 2 is 2.35 bits per heavy atom. The van der Waals surface area contributed by atoms with Crippen molar-refractivity contribution in [3.63, 3.8) is 0 Å². The van der Waals surface area contributed by atoms with Crippen molar-refractivity contribution in [2.75, 3.05) is 12.4 Å². The average molecular weight is 272 g/mol. The van der Waals surface area contributed by atoms with E-state index in [9.17, 15) is 4.79 Å². The molecule has 94 valence electrons. The summed E-state index contributed by atoms with van der Waals surface area (Å²) < 4.78 is 0. The van der Waals surface area contributed by atoms with Crippen molar-refractivity contribution in [1.82, 2.24) is 4.90 Å². The smallest absolute Gasteiger partial charge is 0.227 e. The van der Waals surface area contributed by atoms with Gasteiger partial charge in [0.15, 0.2) is 0 Å². The zero-order chi connectivity index (χ0) is 12.1. The fraction of sp³-hybridized carbons (Fsp3) is 0.615. The Labute approximate surface area is 112 Å². The molecule has 1 aliphatic rings. The van der Waals surface area contributed by atoms with Crippen molar-refractivity contribution in [3.05, 3.63) is 22.4 Å². The minimum atomic E-state index is 0.262. The highest BCUT2D eigenvalue weighted by Gasteiger charge is 2.28. The lowest BCUT2D eigenvalue weighted by molar-refractivity contribution is -0.134. The van der Waals surface area contributed by atoms with E-state index in [2.05, 4.69) is 5.38 Å². The molecule has 0 aromatic carbocycles. The molecular formula is C13H18ClNOS. The van der Waals surface area contributed by atoms with E-state index in [1.807, 2.05) is 16.3 Å². The van der Waals surface area contributed by atoms with Crippen LogP contribution in [-0.2, 0) is 11.2 Å². The Bertz CT molecular complexity index is 348. The maximum absolute atomic E-state index is 12.2. The first-order valence-electron chi connectivity index (χ1n) is 6.18. The molecule has 0 unspecified atom stereocenters. The molecule has 1 amide bonds. The SMILES string of the molecule is O=C(Cc1ccsc1)N(CCCCl)C1CCC1. The molecule has 0 radical (unpaired) electrons. The van der Waals surface area contributed by atoms with Crippen LogP contribution >= 0.6 is 22.9 Å². The van der Waals surface area contributed by atoms with Crippen LogP contribution in [0.2, 0.25) is 0 Å².